The largest absolute Gasteiger partial charge is 0.409 e. The fourth-order valence-electron chi connectivity index (χ4n) is 2.74. The van der Waals surface area contributed by atoms with Crippen LogP contribution in [-0.2, 0) is 9.53 Å². The van der Waals surface area contributed by atoms with Crippen molar-refractivity contribution in [2.24, 2.45) is 16.8 Å². The second-order valence-corrected chi connectivity index (χ2v) is 4.98. The summed E-state index contributed by atoms with van der Waals surface area (Å²) in [5.41, 5.74) is 5.68. The smallest absolute Gasteiger partial charge is 0.228 e. The van der Waals surface area contributed by atoms with Crippen molar-refractivity contribution in [2.75, 3.05) is 19.8 Å². The maximum atomic E-state index is 12.4. The van der Waals surface area contributed by atoms with E-state index in [-0.39, 0.29) is 23.7 Å². The summed E-state index contributed by atoms with van der Waals surface area (Å²) in [4.78, 5) is 14.2. The molecule has 0 radical (unpaired) electrons. The van der Waals surface area contributed by atoms with E-state index in [1.807, 2.05) is 0 Å². The van der Waals surface area contributed by atoms with E-state index in [1.165, 1.54) is 0 Å². The summed E-state index contributed by atoms with van der Waals surface area (Å²) < 4.78 is 5.36. The quantitative estimate of drug-likeness (QED) is 0.326. The lowest BCUT2D eigenvalue weighted by molar-refractivity contribution is -0.142. The normalized spacial score (nSPS) is 30.2. The summed E-state index contributed by atoms with van der Waals surface area (Å²) in [6.07, 6.45) is 4.56. The van der Waals surface area contributed by atoms with E-state index < -0.39 is 0 Å². The molecule has 2 aliphatic heterocycles. The third kappa shape index (κ3) is 2.75. The Balaban J connectivity index is 2.05. The van der Waals surface area contributed by atoms with Crippen LogP contribution in [0.5, 0.6) is 0 Å². The van der Waals surface area contributed by atoms with Gasteiger partial charge in [0.25, 0.3) is 0 Å². The van der Waals surface area contributed by atoms with Gasteiger partial charge in [0.05, 0.1) is 18.6 Å². The van der Waals surface area contributed by atoms with Gasteiger partial charge in [-0.2, -0.15) is 0 Å². The summed E-state index contributed by atoms with van der Waals surface area (Å²) in [6, 6.07) is -0.252. The Hall–Kier alpha value is -1.30. The molecule has 2 saturated heterocycles. The summed E-state index contributed by atoms with van der Waals surface area (Å²) in [5, 5.41) is 11.9. The molecule has 1 amide bonds. The van der Waals surface area contributed by atoms with Gasteiger partial charge in [0, 0.05) is 13.2 Å². The first-order valence-electron chi connectivity index (χ1n) is 6.59. The Kier molecular flexibility index (Phi) is 4.41. The van der Waals surface area contributed by atoms with Crippen molar-refractivity contribution in [1.29, 1.82) is 0 Å². The van der Waals surface area contributed by atoms with Crippen LogP contribution in [0.25, 0.3) is 0 Å². The number of likely N-dealkylation sites (tertiary alicyclic amines) is 1. The maximum absolute atomic E-state index is 12.4. The molecule has 6 heteroatoms. The van der Waals surface area contributed by atoms with Gasteiger partial charge < -0.3 is 20.6 Å². The van der Waals surface area contributed by atoms with Crippen LogP contribution >= 0.6 is 0 Å². The highest BCUT2D eigenvalue weighted by Crippen LogP contribution is 2.23. The molecular weight excluding hydrogens is 234 g/mol. The molecule has 18 heavy (non-hydrogen) atoms. The molecule has 2 fully saturated rings. The number of hydrogen-bond acceptors (Lipinski definition) is 4. The van der Waals surface area contributed by atoms with Crippen molar-refractivity contribution in [2.45, 2.75) is 38.1 Å². The molecule has 0 aromatic heterocycles. The fourth-order valence-corrected chi connectivity index (χ4v) is 2.74. The average Bonchev–Trinajstić information content (AvgIpc) is 2.46. The van der Waals surface area contributed by atoms with Crippen LogP contribution in [-0.4, -0.2) is 47.7 Å². The monoisotopic (exact) mass is 255 g/mol. The summed E-state index contributed by atoms with van der Waals surface area (Å²) in [5.74, 6) is 0.164. The summed E-state index contributed by atoms with van der Waals surface area (Å²) in [7, 11) is 0. The number of carbonyl (C=O) groups is 1. The van der Waals surface area contributed by atoms with Crippen LogP contribution in [0.2, 0.25) is 0 Å². The SMILES string of the molecule is NC(=NO)C1CCCCN1C(=O)C1CCCOC1. The standard InChI is InChI=1S/C12H21N3O3/c13-11(14-17)10-5-1-2-6-15(10)12(16)9-4-3-7-18-8-9/h9-10,17H,1-8H2,(H2,13,14). The number of oxime groups is 1. The Labute approximate surface area is 107 Å². The molecule has 2 unspecified atom stereocenters. The van der Waals surface area contributed by atoms with E-state index in [1.54, 1.807) is 4.90 Å². The third-order valence-electron chi connectivity index (χ3n) is 3.75. The van der Waals surface area contributed by atoms with Crippen molar-refractivity contribution < 1.29 is 14.7 Å². The molecule has 102 valence electrons. The van der Waals surface area contributed by atoms with Gasteiger partial charge in [0.2, 0.25) is 5.91 Å². The molecule has 0 saturated carbocycles. The molecule has 2 aliphatic rings. The zero-order valence-electron chi connectivity index (χ0n) is 10.5. The number of amidine groups is 1. The summed E-state index contributed by atoms with van der Waals surface area (Å²) in [6.45, 7) is 1.93. The molecule has 3 N–H and O–H groups in total. The number of nitrogens with zero attached hydrogens (tertiary/aromatic N) is 2. The minimum atomic E-state index is -0.252. The van der Waals surface area contributed by atoms with E-state index in [9.17, 15) is 4.79 Å². The number of amides is 1. The highest BCUT2D eigenvalue weighted by molar-refractivity contribution is 5.90. The molecule has 2 rings (SSSR count). The van der Waals surface area contributed by atoms with Gasteiger partial charge in [0.1, 0.15) is 0 Å². The number of hydrogen-bond donors (Lipinski definition) is 2. The molecule has 2 heterocycles. The summed E-state index contributed by atoms with van der Waals surface area (Å²) >= 11 is 0. The Morgan fingerprint density at radius 1 is 1.33 bits per heavy atom. The zero-order valence-corrected chi connectivity index (χ0v) is 10.5. The number of carbonyl (C=O) groups excluding carboxylic acids is 1. The second kappa shape index (κ2) is 6.04. The van der Waals surface area contributed by atoms with Crippen LogP contribution in [0, 0.1) is 5.92 Å². The molecule has 0 aromatic carbocycles. The molecule has 6 nitrogen and oxygen atoms in total. The molecule has 0 aromatic rings. The van der Waals surface area contributed by atoms with Gasteiger partial charge in [-0.05, 0) is 32.1 Å². The van der Waals surface area contributed by atoms with Gasteiger partial charge >= 0.3 is 0 Å². The second-order valence-electron chi connectivity index (χ2n) is 4.98. The lowest BCUT2D eigenvalue weighted by Gasteiger charge is -2.37. The number of piperidine rings is 1. The first-order chi connectivity index (χ1) is 8.74. The molecule has 0 spiro atoms. The van der Waals surface area contributed by atoms with Gasteiger partial charge in [-0.3, -0.25) is 4.79 Å². The fraction of sp³-hybridized carbons (Fsp3) is 0.833. The van der Waals surface area contributed by atoms with E-state index in [4.69, 9.17) is 15.7 Å². The lowest BCUT2D eigenvalue weighted by Crippen LogP contribution is -2.53. The van der Waals surface area contributed by atoms with Crippen LogP contribution in [0.3, 0.4) is 0 Å². The molecular formula is C12H21N3O3. The van der Waals surface area contributed by atoms with Crippen molar-refractivity contribution in [3.63, 3.8) is 0 Å². The maximum Gasteiger partial charge on any atom is 0.228 e. The van der Waals surface area contributed by atoms with Crippen LogP contribution in [0.4, 0.5) is 0 Å². The van der Waals surface area contributed by atoms with Crippen molar-refractivity contribution in [3.05, 3.63) is 0 Å². The van der Waals surface area contributed by atoms with E-state index in [0.29, 0.717) is 13.2 Å². The number of nitrogens with two attached hydrogens (primary N) is 1. The van der Waals surface area contributed by atoms with E-state index in [2.05, 4.69) is 5.16 Å². The molecule has 0 aliphatic carbocycles. The van der Waals surface area contributed by atoms with Crippen molar-refractivity contribution >= 4 is 11.7 Å². The first-order valence-corrected chi connectivity index (χ1v) is 6.59. The van der Waals surface area contributed by atoms with Gasteiger partial charge in [-0.1, -0.05) is 5.16 Å². The van der Waals surface area contributed by atoms with Crippen molar-refractivity contribution in [3.8, 4) is 0 Å². The van der Waals surface area contributed by atoms with Crippen molar-refractivity contribution in [1.82, 2.24) is 4.90 Å². The van der Waals surface area contributed by atoms with Gasteiger partial charge in [-0.25, -0.2) is 0 Å². The zero-order chi connectivity index (χ0) is 13.0. The number of ether oxygens (including phenoxy) is 1. The van der Waals surface area contributed by atoms with Gasteiger partial charge in [-0.15, -0.1) is 0 Å². The number of rotatable bonds is 2. The van der Waals surface area contributed by atoms with Crippen LogP contribution < -0.4 is 5.73 Å². The van der Waals surface area contributed by atoms with E-state index >= 15 is 0 Å². The van der Waals surface area contributed by atoms with Gasteiger partial charge in [0.15, 0.2) is 5.84 Å². The molecule has 0 bridgehead atoms. The predicted octanol–water partition coefficient (Wildman–Crippen LogP) is 0.540. The first kappa shape index (κ1) is 13.1. The highest BCUT2D eigenvalue weighted by Gasteiger charge is 2.34. The minimum absolute atomic E-state index is 0.0640. The minimum Gasteiger partial charge on any atom is -0.409 e. The highest BCUT2D eigenvalue weighted by atomic mass is 16.5. The Bertz CT molecular complexity index is 327. The Morgan fingerprint density at radius 3 is 2.83 bits per heavy atom. The molecule has 2 atom stereocenters. The predicted molar refractivity (Wildman–Crippen MR) is 66.3 cm³/mol. The van der Waals surface area contributed by atoms with Crippen LogP contribution in [0.1, 0.15) is 32.1 Å². The Morgan fingerprint density at radius 2 is 2.17 bits per heavy atom. The van der Waals surface area contributed by atoms with Crippen LogP contribution in [0.15, 0.2) is 5.16 Å². The lowest BCUT2D eigenvalue weighted by atomic mass is 9.95. The topological polar surface area (TPSA) is 88.2 Å². The average molecular weight is 255 g/mol. The third-order valence-corrected chi connectivity index (χ3v) is 3.75. The van der Waals surface area contributed by atoms with E-state index in [0.717, 1.165) is 38.7 Å².